The minimum absolute atomic E-state index is 0.0964. The van der Waals surface area contributed by atoms with Crippen LogP contribution >= 0.6 is 0 Å². The SMILES string of the molecule is CC1CN(c2ccc(C(=O)Nc3cc(F)c4nc(C(F)F)cn4c3)c3nccnc23)CC(C)N1. The lowest BCUT2D eigenvalue weighted by Crippen LogP contribution is -2.54. The van der Waals surface area contributed by atoms with Crippen molar-refractivity contribution in [3.8, 4) is 0 Å². The van der Waals surface area contributed by atoms with Crippen molar-refractivity contribution < 1.29 is 18.0 Å². The number of hydrogen-bond acceptors (Lipinski definition) is 6. The molecule has 0 bridgehead atoms. The molecule has 4 heterocycles. The largest absolute Gasteiger partial charge is 0.367 e. The molecule has 1 aliphatic rings. The number of nitrogens with zero attached hydrogens (tertiary/aromatic N) is 5. The molecule has 2 N–H and O–H groups in total. The number of anilines is 2. The van der Waals surface area contributed by atoms with Gasteiger partial charge in [-0.2, -0.15) is 0 Å². The first-order valence-corrected chi connectivity index (χ1v) is 10.8. The molecule has 2 unspecified atom stereocenters. The monoisotopic (exact) mass is 469 g/mol. The van der Waals surface area contributed by atoms with Crippen LogP contribution in [-0.4, -0.2) is 50.4 Å². The maximum atomic E-state index is 14.4. The number of carbonyl (C=O) groups excluding carboxylic acids is 1. The summed E-state index contributed by atoms with van der Waals surface area (Å²) < 4.78 is 41.4. The summed E-state index contributed by atoms with van der Waals surface area (Å²) in [7, 11) is 0. The second-order valence-corrected chi connectivity index (χ2v) is 8.49. The van der Waals surface area contributed by atoms with Gasteiger partial charge in [0.1, 0.15) is 16.7 Å². The highest BCUT2D eigenvalue weighted by molar-refractivity contribution is 6.13. The molecule has 0 radical (unpaired) electrons. The number of carbonyl (C=O) groups is 1. The van der Waals surface area contributed by atoms with Gasteiger partial charge in [-0.3, -0.25) is 14.8 Å². The zero-order valence-electron chi connectivity index (χ0n) is 18.5. The van der Waals surface area contributed by atoms with Crippen LogP contribution in [0.15, 0.2) is 43.0 Å². The van der Waals surface area contributed by atoms with E-state index in [0.29, 0.717) is 11.0 Å². The molecule has 1 saturated heterocycles. The van der Waals surface area contributed by atoms with Gasteiger partial charge < -0.3 is 19.9 Å². The highest BCUT2D eigenvalue weighted by Gasteiger charge is 2.25. The van der Waals surface area contributed by atoms with Crippen LogP contribution in [0.5, 0.6) is 0 Å². The smallest absolute Gasteiger partial charge is 0.281 e. The van der Waals surface area contributed by atoms with Crippen molar-refractivity contribution in [2.24, 2.45) is 0 Å². The molecule has 0 spiro atoms. The van der Waals surface area contributed by atoms with Gasteiger partial charge in [0.15, 0.2) is 11.5 Å². The Morgan fingerprint density at radius 1 is 1.12 bits per heavy atom. The van der Waals surface area contributed by atoms with Gasteiger partial charge >= 0.3 is 0 Å². The quantitative estimate of drug-likeness (QED) is 0.473. The molecule has 0 aliphatic carbocycles. The topological polar surface area (TPSA) is 87.5 Å². The molecule has 3 aromatic heterocycles. The molecule has 11 heteroatoms. The number of aromatic nitrogens is 4. The molecule has 1 fully saturated rings. The summed E-state index contributed by atoms with van der Waals surface area (Å²) in [5, 5.41) is 6.12. The number of hydrogen-bond donors (Lipinski definition) is 2. The van der Waals surface area contributed by atoms with Gasteiger partial charge in [-0.1, -0.05) is 0 Å². The molecule has 0 saturated carbocycles. The van der Waals surface area contributed by atoms with Crippen LogP contribution in [0.1, 0.15) is 36.3 Å². The Bertz CT molecular complexity index is 1380. The number of fused-ring (bicyclic) bond motifs is 2. The lowest BCUT2D eigenvalue weighted by molar-refractivity contribution is 0.102. The molecular formula is C23H22F3N7O. The van der Waals surface area contributed by atoms with Gasteiger partial charge in [-0.05, 0) is 26.0 Å². The molecule has 5 rings (SSSR count). The Balaban J connectivity index is 1.48. The van der Waals surface area contributed by atoms with Gasteiger partial charge in [-0.25, -0.2) is 18.2 Å². The minimum Gasteiger partial charge on any atom is -0.367 e. The van der Waals surface area contributed by atoms with E-state index in [9.17, 15) is 18.0 Å². The summed E-state index contributed by atoms with van der Waals surface area (Å²) in [4.78, 5) is 27.8. The number of halogens is 3. The number of piperazine rings is 1. The Morgan fingerprint density at radius 2 is 1.82 bits per heavy atom. The summed E-state index contributed by atoms with van der Waals surface area (Å²) in [6.45, 7) is 5.79. The molecule has 2 atom stereocenters. The summed E-state index contributed by atoms with van der Waals surface area (Å²) in [5.41, 5.74) is 1.46. The first-order chi connectivity index (χ1) is 16.3. The Hall–Kier alpha value is -3.73. The molecule has 1 aromatic carbocycles. The van der Waals surface area contributed by atoms with E-state index in [1.54, 1.807) is 12.3 Å². The minimum atomic E-state index is -2.83. The van der Waals surface area contributed by atoms with Crippen molar-refractivity contribution >= 4 is 34.0 Å². The van der Waals surface area contributed by atoms with E-state index < -0.39 is 23.8 Å². The van der Waals surface area contributed by atoms with E-state index in [0.717, 1.165) is 35.4 Å². The highest BCUT2D eigenvalue weighted by atomic mass is 19.3. The van der Waals surface area contributed by atoms with E-state index in [4.69, 9.17) is 0 Å². The fourth-order valence-electron chi connectivity index (χ4n) is 4.45. The fourth-order valence-corrected chi connectivity index (χ4v) is 4.45. The molecule has 1 amide bonds. The fraction of sp³-hybridized carbons (Fsp3) is 0.304. The second-order valence-electron chi connectivity index (χ2n) is 8.49. The maximum Gasteiger partial charge on any atom is 0.281 e. The van der Waals surface area contributed by atoms with Crippen LogP contribution < -0.4 is 15.5 Å². The number of benzene rings is 1. The standard InChI is InChI=1S/C23H22F3N7O/c1-12-8-32(9-13(2)29-12)18-4-3-15(19-20(18)28-6-5-27-19)23(34)30-14-7-16(24)22-31-17(21(25)26)11-33(22)10-14/h3-7,10-13,21,29H,8-9H2,1-2H3,(H,30,34). The van der Waals surface area contributed by atoms with E-state index in [2.05, 4.69) is 44.3 Å². The summed E-state index contributed by atoms with van der Waals surface area (Å²) in [6.07, 6.45) is 2.62. The number of rotatable bonds is 4. The van der Waals surface area contributed by atoms with Gasteiger partial charge in [0.25, 0.3) is 12.3 Å². The van der Waals surface area contributed by atoms with Gasteiger partial charge in [0.2, 0.25) is 0 Å². The highest BCUT2D eigenvalue weighted by Crippen LogP contribution is 2.29. The zero-order chi connectivity index (χ0) is 24.0. The molecule has 4 aromatic rings. The third-order valence-corrected chi connectivity index (χ3v) is 5.75. The van der Waals surface area contributed by atoms with Crippen LogP contribution in [0.25, 0.3) is 16.7 Å². The van der Waals surface area contributed by atoms with Gasteiger partial charge in [-0.15, -0.1) is 0 Å². The molecular weight excluding hydrogens is 447 g/mol. The number of pyridine rings is 1. The van der Waals surface area contributed by atoms with Crippen LogP contribution in [0.4, 0.5) is 24.5 Å². The lowest BCUT2D eigenvalue weighted by atomic mass is 10.1. The predicted molar refractivity (Wildman–Crippen MR) is 122 cm³/mol. The average Bonchev–Trinajstić information content (AvgIpc) is 3.23. The first kappa shape index (κ1) is 22.1. The van der Waals surface area contributed by atoms with E-state index >= 15 is 0 Å². The Kier molecular flexibility index (Phi) is 5.56. The lowest BCUT2D eigenvalue weighted by Gasteiger charge is -2.38. The van der Waals surface area contributed by atoms with Crippen molar-refractivity contribution in [1.82, 2.24) is 24.7 Å². The van der Waals surface area contributed by atoms with Crippen LogP contribution in [0.3, 0.4) is 0 Å². The third-order valence-electron chi connectivity index (χ3n) is 5.75. The van der Waals surface area contributed by atoms with Crippen molar-refractivity contribution in [2.75, 3.05) is 23.3 Å². The summed E-state index contributed by atoms with van der Waals surface area (Å²) in [5.74, 6) is -1.35. The van der Waals surface area contributed by atoms with Crippen molar-refractivity contribution in [3.05, 3.63) is 60.1 Å². The van der Waals surface area contributed by atoms with Crippen molar-refractivity contribution in [1.29, 1.82) is 0 Å². The number of amides is 1. The van der Waals surface area contributed by atoms with E-state index in [1.807, 2.05) is 6.07 Å². The van der Waals surface area contributed by atoms with Crippen LogP contribution in [0.2, 0.25) is 0 Å². The first-order valence-electron chi connectivity index (χ1n) is 10.8. The normalized spacial score (nSPS) is 18.7. The molecule has 8 nitrogen and oxygen atoms in total. The van der Waals surface area contributed by atoms with Crippen LogP contribution in [0, 0.1) is 5.82 Å². The Morgan fingerprint density at radius 3 is 2.53 bits per heavy atom. The van der Waals surface area contributed by atoms with E-state index in [-0.39, 0.29) is 29.0 Å². The number of alkyl halides is 2. The molecule has 1 aliphatic heterocycles. The second kappa shape index (κ2) is 8.56. The van der Waals surface area contributed by atoms with E-state index in [1.165, 1.54) is 12.4 Å². The average molecular weight is 469 g/mol. The molecule has 176 valence electrons. The number of nitrogens with one attached hydrogen (secondary N) is 2. The molecule has 34 heavy (non-hydrogen) atoms. The van der Waals surface area contributed by atoms with Crippen LogP contribution in [-0.2, 0) is 0 Å². The summed E-state index contributed by atoms with van der Waals surface area (Å²) in [6, 6.07) is 5.13. The Labute approximate surface area is 192 Å². The third kappa shape index (κ3) is 4.03. The van der Waals surface area contributed by atoms with Gasteiger partial charge in [0.05, 0.1) is 16.9 Å². The van der Waals surface area contributed by atoms with Crippen molar-refractivity contribution in [2.45, 2.75) is 32.4 Å². The number of imidazole rings is 1. The predicted octanol–water partition coefficient (Wildman–Crippen LogP) is 3.79. The maximum absolute atomic E-state index is 14.4. The summed E-state index contributed by atoms with van der Waals surface area (Å²) >= 11 is 0. The van der Waals surface area contributed by atoms with Crippen molar-refractivity contribution in [3.63, 3.8) is 0 Å². The van der Waals surface area contributed by atoms with Gasteiger partial charge in [0, 0.05) is 56.0 Å². The zero-order valence-corrected chi connectivity index (χ0v) is 18.5.